The van der Waals surface area contributed by atoms with Crippen LogP contribution in [0, 0.1) is 5.92 Å². The Balaban J connectivity index is 1.32. The number of benzene rings is 2. The number of amides is 1. The summed E-state index contributed by atoms with van der Waals surface area (Å²) in [6.45, 7) is 4.57. The highest BCUT2D eigenvalue weighted by Crippen LogP contribution is 2.35. The number of aromatic nitrogens is 1. The average molecular weight is 683 g/mol. The van der Waals surface area contributed by atoms with E-state index < -0.39 is 33.9 Å². The molecule has 47 heavy (non-hydrogen) atoms. The molecule has 0 fully saturated rings. The summed E-state index contributed by atoms with van der Waals surface area (Å²) in [6.07, 6.45) is -4.60. The largest absolute Gasteiger partial charge is 0.494 e. The molecule has 4 rings (SSSR count). The number of nitrogens with zero attached hydrogens (tertiary/aromatic N) is 3. The van der Waals surface area contributed by atoms with Crippen molar-refractivity contribution in [3.63, 3.8) is 0 Å². The van der Waals surface area contributed by atoms with Gasteiger partial charge in [-0.3, -0.25) is 5.21 Å². The van der Waals surface area contributed by atoms with Crippen molar-refractivity contribution in [3.8, 4) is 17.2 Å². The first kappa shape index (κ1) is 35.6. The standard InChI is InChI=1S/C31H37F3N4O8S/c1-21(2)19-37(47(42,43)26-9-10-27-28(17-26)46-20-45-27)14-12-24(38(41)30(39)40)16-22-4-7-25(8-5-22)44-15-3-13-35-29-11-6-23(18-36-29)31(32,33)34/h4-11,17-18,21,24,41H,3,12-16,19-20H2,1-2H3,(H,35,36)(H,39,40). The first-order valence-electron chi connectivity index (χ1n) is 14.8. The molecule has 2 aromatic carbocycles. The molecule has 1 aromatic heterocycles. The fourth-order valence-corrected chi connectivity index (χ4v) is 6.44. The minimum atomic E-state index is -4.45. The fourth-order valence-electron chi connectivity index (χ4n) is 4.80. The van der Waals surface area contributed by atoms with Crippen molar-refractivity contribution in [2.24, 2.45) is 5.92 Å². The molecule has 0 saturated heterocycles. The number of carbonyl (C=O) groups is 1. The van der Waals surface area contributed by atoms with E-state index in [0.29, 0.717) is 48.2 Å². The van der Waals surface area contributed by atoms with Crippen LogP contribution in [0.2, 0.25) is 0 Å². The zero-order valence-corrected chi connectivity index (χ0v) is 26.6. The minimum Gasteiger partial charge on any atom is -0.494 e. The number of fused-ring (bicyclic) bond motifs is 1. The van der Waals surface area contributed by atoms with E-state index in [4.69, 9.17) is 14.2 Å². The molecule has 0 spiro atoms. The summed E-state index contributed by atoms with van der Waals surface area (Å²) in [4.78, 5) is 15.5. The highest BCUT2D eigenvalue weighted by molar-refractivity contribution is 7.89. The number of halogens is 3. The average Bonchev–Trinajstić information content (AvgIpc) is 3.50. The van der Waals surface area contributed by atoms with Gasteiger partial charge in [-0.2, -0.15) is 22.5 Å². The van der Waals surface area contributed by atoms with E-state index in [-0.39, 0.29) is 48.6 Å². The molecule has 12 nitrogen and oxygen atoms in total. The fraction of sp³-hybridized carbons (Fsp3) is 0.419. The minimum absolute atomic E-state index is 0.00505. The highest BCUT2D eigenvalue weighted by Gasteiger charge is 2.31. The van der Waals surface area contributed by atoms with Gasteiger partial charge in [-0.1, -0.05) is 26.0 Å². The second kappa shape index (κ2) is 15.5. The number of hydroxylamine groups is 2. The quantitative estimate of drug-likeness (QED) is 0.0972. The van der Waals surface area contributed by atoms with E-state index in [2.05, 4.69) is 10.3 Å². The van der Waals surface area contributed by atoms with Crippen LogP contribution in [0.3, 0.4) is 0 Å². The summed E-state index contributed by atoms with van der Waals surface area (Å²) in [5.41, 5.74) is -0.138. The van der Waals surface area contributed by atoms with Crippen molar-refractivity contribution < 1.29 is 50.9 Å². The van der Waals surface area contributed by atoms with E-state index in [1.54, 1.807) is 24.3 Å². The molecule has 0 radical (unpaired) electrons. The normalized spacial score (nSPS) is 13.5. The summed E-state index contributed by atoms with van der Waals surface area (Å²) < 4.78 is 82.8. The Bertz CT molecular complexity index is 1590. The number of ether oxygens (including phenoxy) is 3. The number of sulfonamides is 1. The second-order valence-electron chi connectivity index (χ2n) is 11.2. The molecule has 1 aliphatic heterocycles. The maximum absolute atomic E-state index is 13.6. The lowest BCUT2D eigenvalue weighted by Crippen LogP contribution is -2.42. The van der Waals surface area contributed by atoms with Crippen LogP contribution >= 0.6 is 0 Å². The number of rotatable bonds is 16. The van der Waals surface area contributed by atoms with E-state index in [1.807, 2.05) is 13.8 Å². The molecule has 3 N–H and O–H groups in total. The topological polar surface area (TPSA) is 151 Å². The van der Waals surface area contributed by atoms with E-state index >= 15 is 0 Å². The number of nitrogens with one attached hydrogen (secondary N) is 1. The van der Waals surface area contributed by atoms with Crippen molar-refractivity contribution in [3.05, 3.63) is 71.9 Å². The van der Waals surface area contributed by atoms with E-state index in [9.17, 15) is 36.7 Å². The van der Waals surface area contributed by atoms with Gasteiger partial charge in [0.05, 0.1) is 23.1 Å². The first-order chi connectivity index (χ1) is 22.2. The van der Waals surface area contributed by atoms with Gasteiger partial charge in [0.15, 0.2) is 11.5 Å². The summed E-state index contributed by atoms with van der Waals surface area (Å²) >= 11 is 0. The SMILES string of the molecule is CC(C)CN(CCC(Cc1ccc(OCCCNc2ccc(C(F)(F)F)cn2)cc1)N(O)C(=O)O)S(=O)(=O)c1ccc2c(c1)OCO2. The van der Waals surface area contributed by atoms with Gasteiger partial charge in [0.1, 0.15) is 11.6 Å². The maximum Gasteiger partial charge on any atom is 0.431 e. The lowest BCUT2D eigenvalue weighted by atomic mass is 10.0. The predicted molar refractivity (Wildman–Crippen MR) is 164 cm³/mol. The molecule has 1 unspecified atom stereocenters. The molecule has 0 aliphatic carbocycles. The number of carboxylic acid groups (broad SMARTS) is 1. The number of pyridine rings is 1. The number of anilines is 1. The van der Waals surface area contributed by atoms with Crippen LogP contribution < -0.4 is 19.5 Å². The van der Waals surface area contributed by atoms with Crippen LogP contribution in [0.5, 0.6) is 17.2 Å². The zero-order valence-electron chi connectivity index (χ0n) is 25.8. The van der Waals surface area contributed by atoms with Crippen molar-refractivity contribution in [1.29, 1.82) is 0 Å². The third kappa shape index (κ3) is 9.86. The van der Waals surface area contributed by atoms with Gasteiger partial charge in [0, 0.05) is 31.9 Å². The maximum atomic E-state index is 13.6. The molecular weight excluding hydrogens is 645 g/mol. The molecule has 1 amide bonds. The summed E-state index contributed by atoms with van der Waals surface area (Å²) in [7, 11) is -3.99. The van der Waals surface area contributed by atoms with Crippen LogP contribution in [-0.2, 0) is 22.6 Å². The Morgan fingerprint density at radius 2 is 1.81 bits per heavy atom. The number of alkyl halides is 3. The molecular formula is C31H37F3N4O8S. The van der Waals surface area contributed by atoms with Gasteiger partial charge in [0.2, 0.25) is 16.8 Å². The lowest BCUT2D eigenvalue weighted by Gasteiger charge is -2.28. The third-order valence-electron chi connectivity index (χ3n) is 7.19. The predicted octanol–water partition coefficient (Wildman–Crippen LogP) is 5.73. The Labute approximate surface area is 270 Å². The van der Waals surface area contributed by atoms with Gasteiger partial charge >= 0.3 is 12.3 Å². The summed E-state index contributed by atoms with van der Waals surface area (Å²) in [5, 5.41) is 23.0. The summed E-state index contributed by atoms with van der Waals surface area (Å²) in [5.74, 6) is 1.58. The van der Waals surface area contributed by atoms with Crippen molar-refractivity contribution in [2.45, 2.75) is 50.2 Å². The van der Waals surface area contributed by atoms with Crippen LogP contribution in [0.1, 0.15) is 37.8 Å². The van der Waals surface area contributed by atoms with E-state index in [0.717, 1.165) is 12.3 Å². The second-order valence-corrected chi connectivity index (χ2v) is 13.2. The van der Waals surface area contributed by atoms with Gasteiger partial charge < -0.3 is 24.6 Å². The monoisotopic (exact) mass is 682 g/mol. The zero-order chi connectivity index (χ0) is 34.2. The molecule has 0 bridgehead atoms. The number of hydrogen-bond acceptors (Lipinski definition) is 9. The van der Waals surface area contributed by atoms with Crippen LogP contribution in [0.15, 0.2) is 65.7 Å². The molecule has 1 atom stereocenters. The van der Waals surface area contributed by atoms with Crippen LogP contribution in [0.25, 0.3) is 0 Å². The highest BCUT2D eigenvalue weighted by atomic mass is 32.2. The van der Waals surface area contributed by atoms with Crippen LogP contribution in [0.4, 0.5) is 23.8 Å². The smallest absolute Gasteiger partial charge is 0.431 e. The van der Waals surface area contributed by atoms with Crippen LogP contribution in [-0.4, -0.2) is 78.3 Å². The van der Waals surface area contributed by atoms with Gasteiger partial charge in [-0.15, -0.1) is 0 Å². The molecule has 256 valence electrons. The molecule has 0 saturated carbocycles. The summed E-state index contributed by atoms with van der Waals surface area (Å²) in [6, 6.07) is 12.4. The molecule has 2 heterocycles. The Hall–Kier alpha value is -4.28. The van der Waals surface area contributed by atoms with E-state index in [1.165, 1.54) is 28.6 Å². The lowest BCUT2D eigenvalue weighted by molar-refractivity contribution is -0.137. The molecule has 16 heteroatoms. The van der Waals surface area contributed by atoms with Gasteiger partial charge in [-0.05, 0) is 67.1 Å². The first-order valence-corrected chi connectivity index (χ1v) is 16.3. The van der Waals surface area contributed by atoms with Gasteiger partial charge in [-0.25, -0.2) is 18.2 Å². The molecule has 1 aliphatic rings. The molecule has 3 aromatic rings. The Morgan fingerprint density at radius 3 is 2.45 bits per heavy atom. The van der Waals surface area contributed by atoms with Crippen molar-refractivity contribution in [2.75, 3.05) is 38.4 Å². The Morgan fingerprint density at radius 1 is 1.09 bits per heavy atom. The third-order valence-corrected chi connectivity index (χ3v) is 9.05. The van der Waals surface area contributed by atoms with Crippen molar-refractivity contribution in [1.82, 2.24) is 14.4 Å². The number of hydrogen-bond donors (Lipinski definition) is 3. The Kier molecular flexibility index (Phi) is 11.8. The van der Waals surface area contributed by atoms with Gasteiger partial charge in [0.25, 0.3) is 0 Å². The van der Waals surface area contributed by atoms with Crippen molar-refractivity contribution >= 4 is 21.9 Å².